The Hall–Kier alpha value is -2.54. The Kier molecular flexibility index (Phi) is 5.03. The number of nitrogens with zero attached hydrogens (tertiary/aromatic N) is 3. The summed E-state index contributed by atoms with van der Waals surface area (Å²) >= 11 is 0. The molecule has 6 nitrogen and oxygen atoms in total. The standard InChI is InChI=1S/C20H23FN4O2/c1-27-18-7-4-5-15(21)13(18)11-25-10-8-16-14(12-25)20(26)24-19(23-16)17-6-2-3-9-22-17/h4-5,7H,2-3,6,8-12H2,1H3,(H,23,24,26). The average molecular weight is 370 g/mol. The van der Waals surface area contributed by atoms with E-state index >= 15 is 0 Å². The number of hydrogen-bond donors (Lipinski definition) is 1. The highest BCUT2D eigenvalue weighted by atomic mass is 19.1. The molecule has 0 saturated heterocycles. The van der Waals surface area contributed by atoms with Crippen molar-refractivity contribution in [2.75, 3.05) is 20.2 Å². The molecule has 0 bridgehead atoms. The molecular weight excluding hydrogens is 347 g/mol. The predicted octanol–water partition coefficient (Wildman–Crippen LogP) is 2.45. The average Bonchev–Trinajstić information content (AvgIpc) is 2.70. The van der Waals surface area contributed by atoms with Gasteiger partial charge in [0.25, 0.3) is 5.56 Å². The van der Waals surface area contributed by atoms with Crippen LogP contribution in [-0.2, 0) is 19.5 Å². The molecular formula is C20H23FN4O2. The predicted molar refractivity (Wildman–Crippen MR) is 101 cm³/mol. The first-order valence-corrected chi connectivity index (χ1v) is 9.35. The van der Waals surface area contributed by atoms with Gasteiger partial charge >= 0.3 is 0 Å². The highest BCUT2D eigenvalue weighted by Crippen LogP contribution is 2.25. The fraction of sp³-hybridized carbons (Fsp3) is 0.450. The van der Waals surface area contributed by atoms with Crippen LogP contribution in [-0.4, -0.2) is 40.8 Å². The van der Waals surface area contributed by atoms with Crippen LogP contribution >= 0.6 is 0 Å². The summed E-state index contributed by atoms with van der Waals surface area (Å²) in [5.74, 6) is 0.846. The van der Waals surface area contributed by atoms with Crippen LogP contribution in [0.1, 0.15) is 41.9 Å². The van der Waals surface area contributed by atoms with Crippen LogP contribution in [0.4, 0.5) is 4.39 Å². The second-order valence-electron chi connectivity index (χ2n) is 7.01. The van der Waals surface area contributed by atoms with Crippen molar-refractivity contribution in [1.82, 2.24) is 14.9 Å². The normalized spacial score (nSPS) is 17.3. The topological polar surface area (TPSA) is 70.6 Å². The van der Waals surface area contributed by atoms with Crippen molar-refractivity contribution in [3.63, 3.8) is 0 Å². The van der Waals surface area contributed by atoms with Crippen LogP contribution in [0, 0.1) is 5.82 Å². The summed E-state index contributed by atoms with van der Waals surface area (Å²) in [4.78, 5) is 26.8. The molecule has 1 N–H and O–H groups in total. The van der Waals surface area contributed by atoms with Gasteiger partial charge in [-0.15, -0.1) is 0 Å². The van der Waals surface area contributed by atoms with Crippen molar-refractivity contribution in [3.05, 3.63) is 57.0 Å². The van der Waals surface area contributed by atoms with Crippen molar-refractivity contribution < 1.29 is 9.13 Å². The lowest BCUT2D eigenvalue weighted by Crippen LogP contribution is -2.36. The molecule has 0 spiro atoms. The summed E-state index contributed by atoms with van der Waals surface area (Å²) in [6.45, 7) is 2.35. The Morgan fingerprint density at radius 2 is 2.19 bits per heavy atom. The molecule has 2 aliphatic heterocycles. The zero-order chi connectivity index (χ0) is 18.8. The molecule has 0 saturated carbocycles. The maximum Gasteiger partial charge on any atom is 0.255 e. The van der Waals surface area contributed by atoms with Crippen molar-refractivity contribution >= 4 is 5.71 Å². The molecule has 1 aromatic heterocycles. The smallest absolute Gasteiger partial charge is 0.255 e. The number of rotatable bonds is 4. The summed E-state index contributed by atoms with van der Waals surface area (Å²) < 4.78 is 19.5. The minimum atomic E-state index is -0.294. The summed E-state index contributed by atoms with van der Waals surface area (Å²) in [5, 5.41) is 0. The van der Waals surface area contributed by atoms with Gasteiger partial charge in [0.05, 0.1) is 24.1 Å². The molecule has 0 fully saturated rings. The molecule has 0 amide bonds. The van der Waals surface area contributed by atoms with Gasteiger partial charge in [0, 0.05) is 38.2 Å². The Morgan fingerprint density at radius 1 is 1.30 bits per heavy atom. The molecule has 0 atom stereocenters. The van der Waals surface area contributed by atoms with E-state index in [2.05, 4.69) is 19.9 Å². The number of ether oxygens (including phenoxy) is 1. The van der Waals surface area contributed by atoms with Gasteiger partial charge in [-0.05, 0) is 31.4 Å². The Morgan fingerprint density at radius 3 is 2.96 bits per heavy atom. The van der Waals surface area contributed by atoms with E-state index in [4.69, 9.17) is 4.74 Å². The number of aliphatic imine (C=N–C) groups is 1. The number of H-pyrrole nitrogens is 1. The van der Waals surface area contributed by atoms with Gasteiger partial charge in [0.15, 0.2) is 5.82 Å². The zero-order valence-electron chi connectivity index (χ0n) is 15.4. The van der Waals surface area contributed by atoms with Gasteiger partial charge in [0.1, 0.15) is 11.6 Å². The number of halogens is 1. The van der Waals surface area contributed by atoms with Crippen molar-refractivity contribution in [2.45, 2.75) is 38.8 Å². The first kappa shape index (κ1) is 17.9. The summed E-state index contributed by atoms with van der Waals surface area (Å²) in [5.41, 5.74) is 2.80. The SMILES string of the molecule is COc1cccc(F)c1CN1CCc2nc(C3=NCCCC3)[nH]c(=O)c2C1. The number of aromatic nitrogens is 2. The Balaban J connectivity index is 1.57. The third-order valence-corrected chi connectivity index (χ3v) is 5.22. The van der Waals surface area contributed by atoms with Crippen LogP contribution in [0.15, 0.2) is 28.0 Å². The molecule has 0 radical (unpaired) electrons. The molecule has 2 aliphatic rings. The largest absolute Gasteiger partial charge is 0.496 e. The summed E-state index contributed by atoms with van der Waals surface area (Å²) in [6, 6.07) is 4.82. The highest BCUT2D eigenvalue weighted by molar-refractivity contribution is 5.97. The van der Waals surface area contributed by atoms with Gasteiger partial charge in [-0.25, -0.2) is 9.37 Å². The van der Waals surface area contributed by atoms with Gasteiger partial charge in [-0.3, -0.25) is 14.7 Å². The van der Waals surface area contributed by atoms with Crippen molar-refractivity contribution in [2.24, 2.45) is 4.99 Å². The number of fused-ring (bicyclic) bond motifs is 1. The lowest BCUT2D eigenvalue weighted by molar-refractivity contribution is 0.234. The van der Waals surface area contributed by atoms with Gasteiger partial charge in [-0.2, -0.15) is 0 Å². The first-order chi connectivity index (χ1) is 13.2. The van der Waals surface area contributed by atoms with E-state index in [1.165, 1.54) is 13.2 Å². The maximum atomic E-state index is 14.2. The number of benzene rings is 1. The second kappa shape index (κ2) is 7.60. The van der Waals surface area contributed by atoms with Gasteiger partial charge in [-0.1, -0.05) is 6.07 Å². The third kappa shape index (κ3) is 3.64. The molecule has 4 rings (SSSR count). The van der Waals surface area contributed by atoms with Crippen LogP contribution in [0.5, 0.6) is 5.75 Å². The van der Waals surface area contributed by atoms with Crippen LogP contribution in [0.2, 0.25) is 0 Å². The molecule has 3 heterocycles. The minimum Gasteiger partial charge on any atom is -0.496 e. The minimum absolute atomic E-state index is 0.117. The monoisotopic (exact) mass is 370 g/mol. The summed E-state index contributed by atoms with van der Waals surface area (Å²) in [7, 11) is 1.54. The number of hydrogen-bond acceptors (Lipinski definition) is 5. The van der Waals surface area contributed by atoms with Crippen molar-refractivity contribution in [1.29, 1.82) is 0 Å². The number of methoxy groups -OCH3 is 1. The van der Waals surface area contributed by atoms with Gasteiger partial charge < -0.3 is 9.72 Å². The third-order valence-electron chi connectivity index (χ3n) is 5.22. The lowest BCUT2D eigenvalue weighted by atomic mass is 10.0. The molecule has 142 valence electrons. The Labute approximate surface area is 157 Å². The van der Waals surface area contributed by atoms with E-state index in [-0.39, 0.29) is 11.4 Å². The fourth-order valence-electron chi connectivity index (χ4n) is 3.75. The van der Waals surface area contributed by atoms with E-state index < -0.39 is 0 Å². The van der Waals surface area contributed by atoms with E-state index in [1.54, 1.807) is 12.1 Å². The fourth-order valence-corrected chi connectivity index (χ4v) is 3.75. The molecule has 27 heavy (non-hydrogen) atoms. The van der Waals surface area contributed by atoms with Crippen LogP contribution in [0.3, 0.4) is 0 Å². The van der Waals surface area contributed by atoms with Gasteiger partial charge in [0.2, 0.25) is 0 Å². The maximum absolute atomic E-state index is 14.2. The Bertz CT molecular complexity index is 938. The number of aromatic amines is 1. The molecule has 2 aromatic rings. The molecule has 7 heteroatoms. The number of nitrogens with one attached hydrogen (secondary N) is 1. The van der Waals surface area contributed by atoms with E-state index in [0.717, 1.165) is 37.2 Å². The zero-order valence-corrected chi connectivity index (χ0v) is 15.4. The van der Waals surface area contributed by atoms with Crippen LogP contribution in [0.25, 0.3) is 0 Å². The quantitative estimate of drug-likeness (QED) is 0.897. The first-order valence-electron chi connectivity index (χ1n) is 9.35. The van der Waals surface area contributed by atoms with E-state index in [9.17, 15) is 9.18 Å². The van der Waals surface area contributed by atoms with E-state index in [1.807, 2.05) is 0 Å². The van der Waals surface area contributed by atoms with E-state index in [0.29, 0.717) is 48.8 Å². The molecule has 0 aliphatic carbocycles. The molecule has 0 unspecified atom stereocenters. The lowest BCUT2D eigenvalue weighted by Gasteiger charge is -2.28. The second-order valence-corrected chi connectivity index (χ2v) is 7.01. The summed E-state index contributed by atoms with van der Waals surface area (Å²) in [6.07, 6.45) is 3.70. The van der Waals surface area contributed by atoms with Crippen molar-refractivity contribution in [3.8, 4) is 5.75 Å². The van der Waals surface area contributed by atoms with Crippen LogP contribution < -0.4 is 10.3 Å². The highest BCUT2D eigenvalue weighted by Gasteiger charge is 2.24. The molecule has 1 aromatic carbocycles.